The van der Waals surface area contributed by atoms with Crippen LogP contribution >= 0.6 is 0 Å². The Labute approximate surface area is 133 Å². The fraction of sp³-hybridized carbons (Fsp3) is 0.118. The summed E-state index contributed by atoms with van der Waals surface area (Å²) in [6, 6.07) is 9.21. The van der Waals surface area contributed by atoms with Crippen molar-refractivity contribution in [1.29, 1.82) is 0 Å². The molecule has 0 bridgehead atoms. The molecule has 1 amide bonds. The van der Waals surface area contributed by atoms with E-state index < -0.39 is 0 Å². The van der Waals surface area contributed by atoms with Crippen molar-refractivity contribution in [1.82, 2.24) is 15.3 Å². The monoisotopic (exact) mass is 308 g/mol. The van der Waals surface area contributed by atoms with Crippen molar-refractivity contribution in [3.8, 4) is 0 Å². The van der Waals surface area contributed by atoms with Gasteiger partial charge < -0.3 is 15.1 Å². The molecule has 0 fully saturated rings. The SMILES string of the molecule is O=C(NCc1cccnc1)c1cncc(NCc2ccco2)c1. The molecule has 116 valence electrons. The van der Waals surface area contributed by atoms with Crippen molar-refractivity contribution in [2.24, 2.45) is 0 Å². The predicted octanol–water partition coefficient (Wildman–Crippen LogP) is 2.61. The van der Waals surface area contributed by atoms with Gasteiger partial charge in [-0.15, -0.1) is 0 Å². The Balaban J connectivity index is 1.58. The van der Waals surface area contributed by atoms with Crippen molar-refractivity contribution >= 4 is 11.6 Å². The Hall–Kier alpha value is -3.15. The Bertz CT molecular complexity index is 757. The van der Waals surface area contributed by atoms with Gasteiger partial charge in [-0.3, -0.25) is 14.8 Å². The fourth-order valence-electron chi connectivity index (χ4n) is 2.05. The summed E-state index contributed by atoms with van der Waals surface area (Å²) in [6.45, 7) is 0.964. The Morgan fingerprint density at radius 3 is 2.83 bits per heavy atom. The second kappa shape index (κ2) is 7.22. The third-order valence-corrected chi connectivity index (χ3v) is 3.22. The number of aromatic nitrogens is 2. The van der Waals surface area contributed by atoms with E-state index in [2.05, 4.69) is 20.6 Å². The summed E-state index contributed by atoms with van der Waals surface area (Å²) in [5.41, 5.74) is 2.20. The number of hydrogen-bond donors (Lipinski definition) is 2. The molecule has 0 unspecified atom stereocenters. The molecule has 6 heteroatoms. The molecule has 0 saturated heterocycles. The number of rotatable bonds is 6. The number of carbonyl (C=O) groups excluding carboxylic acids is 1. The van der Waals surface area contributed by atoms with Gasteiger partial charge in [-0.2, -0.15) is 0 Å². The minimum Gasteiger partial charge on any atom is -0.467 e. The second-order valence-electron chi connectivity index (χ2n) is 4.94. The summed E-state index contributed by atoms with van der Waals surface area (Å²) in [7, 11) is 0. The normalized spacial score (nSPS) is 10.3. The van der Waals surface area contributed by atoms with Crippen LogP contribution in [-0.2, 0) is 13.1 Å². The lowest BCUT2D eigenvalue weighted by molar-refractivity contribution is 0.0950. The maximum atomic E-state index is 12.2. The molecule has 23 heavy (non-hydrogen) atoms. The van der Waals surface area contributed by atoms with Crippen molar-refractivity contribution in [3.05, 3.63) is 78.3 Å². The zero-order valence-electron chi connectivity index (χ0n) is 12.4. The van der Waals surface area contributed by atoms with Gasteiger partial charge in [-0.25, -0.2) is 0 Å². The molecule has 0 radical (unpaired) electrons. The lowest BCUT2D eigenvalue weighted by Gasteiger charge is -2.08. The van der Waals surface area contributed by atoms with Crippen LogP contribution in [0.4, 0.5) is 5.69 Å². The molecule has 3 rings (SSSR count). The molecule has 0 aliphatic carbocycles. The number of amides is 1. The van der Waals surface area contributed by atoms with Gasteiger partial charge in [0.25, 0.3) is 5.91 Å². The first-order valence-electron chi connectivity index (χ1n) is 7.20. The highest BCUT2D eigenvalue weighted by atomic mass is 16.3. The van der Waals surface area contributed by atoms with E-state index in [4.69, 9.17) is 4.42 Å². The van der Waals surface area contributed by atoms with Crippen molar-refractivity contribution in [2.75, 3.05) is 5.32 Å². The molecule has 0 atom stereocenters. The lowest BCUT2D eigenvalue weighted by Crippen LogP contribution is -2.23. The van der Waals surface area contributed by atoms with Crippen LogP contribution in [0.25, 0.3) is 0 Å². The quantitative estimate of drug-likeness (QED) is 0.731. The molecule has 0 spiro atoms. The number of nitrogens with zero attached hydrogens (tertiary/aromatic N) is 2. The van der Waals surface area contributed by atoms with Crippen LogP contribution in [0.3, 0.4) is 0 Å². The third-order valence-electron chi connectivity index (χ3n) is 3.22. The Morgan fingerprint density at radius 1 is 1.09 bits per heavy atom. The first-order valence-corrected chi connectivity index (χ1v) is 7.20. The Kier molecular flexibility index (Phi) is 4.63. The van der Waals surface area contributed by atoms with E-state index in [0.29, 0.717) is 18.7 Å². The summed E-state index contributed by atoms with van der Waals surface area (Å²) < 4.78 is 5.25. The topological polar surface area (TPSA) is 80.0 Å². The molecule has 3 aromatic heterocycles. The highest BCUT2D eigenvalue weighted by molar-refractivity contribution is 5.94. The molecule has 6 nitrogen and oxygen atoms in total. The van der Waals surface area contributed by atoms with Crippen LogP contribution < -0.4 is 10.6 Å². The van der Waals surface area contributed by atoms with Crippen LogP contribution in [0.15, 0.2) is 65.8 Å². The van der Waals surface area contributed by atoms with Crippen LogP contribution in [0.2, 0.25) is 0 Å². The van der Waals surface area contributed by atoms with Gasteiger partial charge in [0.1, 0.15) is 5.76 Å². The number of hydrogen-bond acceptors (Lipinski definition) is 5. The molecule has 0 aromatic carbocycles. The van der Waals surface area contributed by atoms with Gasteiger partial charge >= 0.3 is 0 Å². The van der Waals surface area contributed by atoms with Crippen LogP contribution in [0, 0.1) is 0 Å². The molecule has 3 aromatic rings. The average molecular weight is 308 g/mol. The Morgan fingerprint density at radius 2 is 2.04 bits per heavy atom. The van der Waals surface area contributed by atoms with E-state index in [1.807, 2.05) is 24.3 Å². The lowest BCUT2D eigenvalue weighted by atomic mass is 10.2. The molecule has 2 N–H and O–H groups in total. The van der Waals surface area contributed by atoms with Gasteiger partial charge in [-0.05, 0) is 29.8 Å². The first-order chi connectivity index (χ1) is 11.3. The molecule has 0 aliphatic rings. The van der Waals surface area contributed by atoms with Gasteiger partial charge in [0.2, 0.25) is 0 Å². The summed E-state index contributed by atoms with van der Waals surface area (Å²) in [5.74, 6) is 0.638. The van der Waals surface area contributed by atoms with E-state index in [0.717, 1.165) is 17.0 Å². The number of pyridine rings is 2. The first kappa shape index (κ1) is 14.8. The number of nitrogens with one attached hydrogen (secondary N) is 2. The maximum Gasteiger partial charge on any atom is 0.253 e. The summed E-state index contributed by atoms with van der Waals surface area (Å²) in [5, 5.41) is 6.02. The molecular formula is C17H16N4O2. The van der Waals surface area contributed by atoms with Crippen LogP contribution in [-0.4, -0.2) is 15.9 Å². The van der Waals surface area contributed by atoms with Gasteiger partial charge in [0, 0.05) is 31.3 Å². The predicted molar refractivity (Wildman–Crippen MR) is 85.7 cm³/mol. The maximum absolute atomic E-state index is 12.2. The third kappa shape index (κ3) is 4.16. The molecule has 0 aliphatic heterocycles. The minimum absolute atomic E-state index is 0.178. The number of carbonyl (C=O) groups is 1. The highest BCUT2D eigenvalue weighted by Gasteiger charge is 2.07. The average Bonchev–Trinajstić information content (AvgIpc) is 3.12. The van der Waals surface area contributed by atoms with E-state index in [-0.39, 0.29) is 5.91 Å². The van der Waals surface area contributed by atoms with Gasteiger partial charge in [0.05, 0.1) is 24.1 Å². The largest absolute Gasteiger partial charge is 0.467 e. The molecule has 0 saturated carbocycles. The van der Waals surface area contributed by atoms with E-state index in [9.17, 15) is 4.79 Å². The van der Waals surface area contributed by atoms with E-state index >= 15 is 0 Å². The van der Waals surface area contributed by atoms with Gasteiger partial charge in [-0.1, -0.05) is 6.07 Å². The fourth-order valence-corrected chi connectivity index (χ4v) is 2.05. The van der Waals surface area contributed by atoms with Gasteiger partial charge in [0.15, 0.2) is 0 Å². The minimum atomic E-state index is -0.178. The highest BCUT2D eigenvalue weighted by Crippen LogP contribution is 2.11. The summed E-state index contributed by atoms with van der Waals surface area (Å²) in [4.78, 5) is 20.3. The summed E-state index contributed by atoms with van der Waals surface area (Å²) >= 11 is 0. The second-order valence-corrected chi connectivity index (χ2v) is 4.94. The smallest absolute Gasteiger partial charge is 0.253 e. The zero-order valence-corrected chi connectivity index (χ0v) is 12.4. The van der Waals surface area contributed by atoms with E-state index in [1.165, 1.54) is 6.20 Å². The number of anilines is 1. The van der Waals surface area contributed by atoms with Crippen LogP contribution in [0.5, 0.6) is 0 Å². The van der Waals surface area contributed by atoms with Crippen LogP contribution in [0.1, 0.15) is 21.7 Å². The summed E-state index contributed by atoms with van der Waals surface area (Å²) in [6.07, 6.45) is 8.25. The number of furan rings is 1. The zero-order chi connectivity index (χ0) is 15.9. The van der Waals surface area contributed by atoms with Crippen molar-refractivity contribution in [3.63, 3.8) is 0 Å². The van der Waals surface area contributed by atoms with Crippen molar-refractivity contribution in [2.45, 2.75) is 13.1 Å². The molecular weight excluding hydrogens is 292 g/mol. The van der Waals surface area contributed by atoms with E-state index in [1.54, 1.807) is 30.9 Å². The standard InChI is InChI=1S/C17H16N4O2/c22-17(21-9-13-3-1-5-18-8-13)14-7-15(11-19-10-14)20-12-16-4-2-6-23-16/h1-8,10-11,20H,9,12H2,(H,21,22). The van der Waals surface area contributed by atoms with Crippen molar-refractivity contribution < 1.29 is 9.21 Å². The molecule has 3 heterocycles.